The number of carbonyl (C=O) groups excluding carboxylic acids is 1. The number of ether oxygens (including phenoxy) is 1. The summed E-state index contributed by atoms with van der Waals surface area (Å²) in [5.74, 6) is 0.811. The van der Waals surface area contributed by atoms with Crippen molar-refractivity contribution < 1.29 is 9.53 Å². The molecule has 6 heteroatoms. The number of carbonyl (C=O) groups is 1. The molecule has 1 saturated heterocycles. The van der Waals surface area contributed by atoms with E-state index in [2.05, 4.69) is 17.2 Å². The van der Waals surface area contributed by atoms with E-state index in [1.54, 1.807) is 0 Å². The molecule has 2 rings (SSSR count). The molecule has 1 aliphatic rings. The third-order valence-corrected chi connectivity index (χ3v) is 4.90. The molecular formula is C11H16N2O2S2. The minimum atomic E-state index is -0.0728. The Labute approximate surface area is 109 Å². The number of thiazole rings is 1. The molecule has 0 aromatic carbocycles. The second kappa shape index (κ2) is 5.84. The van der Waals surface area contributed by atoms with Crippen molar-refractivity contribution in [3.8, 4) is 0 Å². The van der Waals surface area contributed by atoms with Gasteiger partial charge in [0.1, 0.15) is 0 Å². The number of nitrogens with one attached hydrogen (secondary N) is 1. The van der Waals surface area contributed by atoms with Crippen LogP contribution < -0.4 is 5.32 Å². The summed E-state index contributed by atoms with van der Waals surface area (Å²) in [4.78, 5) is 15.2. The van der Waals surface area contributed by atoms with E-state index in [0.717, 1.165) is 24.5 Å². The molecule has 0 bridgehead atoms. The summed E-state index contributed by atoms with van der Waals surface area (Å²) in [5, 5.41) is 5.95. The minimum Gasteiger partial charge on any atom is -0.377 e. The number of aromatic nitrogens is 1. The summed E-state index contributed by atoms with van der Waals surface area (Å²) in [7, 11) is 0. The highest BCUT2D eigenvalue weighted by molar-refractivity contribution is 7.99. The lowest BCUT2D eigenvalue weighted by atomic mass is 10.3. The summed E-state index contributed by atoms with van der Waals surface area (Å²) in [5.41, 5.74) is 1.03. The van der Waals surface area contributed by atoms with Gasteiger partial charge in [0.15, 0.2) is 5.13 Å². The maximum atomic E-state index is 10.9. The molecule has 2 atom stereocenters. The van der Waals surface area contributed by atoms with Gasteiger partial charge in [0.05, 0.1) is 11.8 Å². The lowest BCUT2D eigenvalue weighted by molar-refractivity contribution is -0.114. The van der Waals surface area contributed by atoms with Gasteiger partial charge in [0.2, 0.25) is 5.91 Å². The minimum absolute atomic E-state index is 0.0728. The maximum Gasteiger partial charge on any atom is 0.223 e. The van der Waals surface area contributed by atoms with Gasteiger partial charge in [-0.25, -0.2) is 4.98 Å². The average molecular weight is 272 g/mol. The van der Waals surface area contributed by atoms with Gasteiger partial charge in [-0.2, -0.15) is 0 Å². The van der Waals surface area contributed by atoms with Crippen LogP contribution >= 0.6 is 23.1 Å². The molecule has 1 aliphatic heterocycles. The molecule has 0 saturated carbocycles. The molecule has 1 amide bonds. The van der Waals surface area contributed by atoms with E-state index in [1.165, 1.54) is 18.3 Å². The summed E-state index contributed by atoms with van der Waals surface area (Å²) in [6.07, 6.45) is 1.46. The van der Waals surface area contributed by atoms with Crippen LogP contribution in [0.4, 0.5) is 5.13 Å². The molecule has 2 heterocycles. The van der Waals surface area contributed by atoms with Crippen LogP contribution in [0.3, 0.4) is 0 Å². The van der Waals surface area contributed by atoms with Crippen molar-refractivity contribution in [2.45, 2.75) is 37.4 Å². The molecule has 1 fully saturated rings. The molecular weight excluding hydrogens is 256 g/mol. The van der Waals surface area contributed by atoms with E-state index in [-0.39, 0.29) is 5.91 Å². The van der Waals surface area contributed by atoms with Gasteiger partial charge in [-0.15, -0.1) is 23.1 Å². The first-order valence-corrected chi connectivity index (χ1v) is 7.53. The van der Waals surface area contributed by atoms with Gasteiger partial charge in [-0.05, 0) is 13.3 Å². The molecule has 94 valence electrons. The summed E-state index contributed by atoms with van der Waals surface area (Å²) in [6, 6.07) is 0. The molecule has 0 unspecified atom stereocenters. The van der Waals surface area contributed by atoms with E-state index in [0.29, 0.717) is 16.5 Å². The van der Waals surface area contributed by atoms with Crippen molar-refractivity contribution in [1.29, 1.82) is 0 Å². The van der Waals surface area contributed by atoms with Crippen molar-refractivity contribution >= 4 is 34.1 Å². The van der Waals surface area contributed by atoms with E-state index >= 15 is 0 Å². The number of hydrogen-bond acceptors (Lipinski definition) is 5. The smallest absolute Gasteiger partial charge is 0.223 e. The number of hydrogen-bond donors (Lipinski definition) is 1. The van der Waals surface area contributed by atoms with Gasteiger partial charge in [-0.3, -0.25) is 4.79 Å². The fourth-order valence-electron chi connectivity index (χ4n) is 1.70. The Morgan fingerprint density at radius 1 is 1.76 bits per heavy atom. The van der Waals surface area contributed by atoms with Crippen LogP contribution in [0, 0.1) is 0 Å². The van der Waals surface area contributed by atoms with Gasteiger partial charge in [0, 0.05) is 29.9 Å². The first-order valence-electron chi connectivity index (χ1n) is 5.60. The van der Waals surface area contributed by atoms with Gasteiger partial charge >= 0.3 is 0 Å². The van der Waals surface area contributed by atoms with Crippen molar-refractivity contribution in [3.63, 3.8) is 0 Å². The number of thioether (sulfide) groups is 1. The normalized spacial score (nSPS) is 23.9. The van der Waals surface area contributed by atoms with Crippen LogP contribution in [0.25, 0.3) is 0 Å². The Morgan fingerprint density at radius 3 is 3.24 bits per heavy atom. The standard InChI is InChI=1S/C11H16N2O2S2/c1-7-10(3-4-15-7)16-5-9-6-17-11(13-9)12-8(2)14/h6-7,10H,3-5H2,1-2H3,(H,12,13,14)/t7-,10+/m0/s1. The zero-order valence-corrected chi connectivity index (χ0v) is 11.6. The van der Waals surface area contributed by atoms with Gasteiger partial charge < -0.3 is 10.1 Å². The second-order valence-corrected chi connectivity index (χ2v) is 6.12. The number of rotatable bonds is 4. The van der Waals surface area contributed by atoms with E-state index in [9.17, 15) is 4.79 Å². The third kappa shape index (κ3) is 3.69. The van der Waals surface area contributed by atoms with Crippen molar-refractivity contribution in [2.75, 3.05) is 11.9 Å². The Bertz CT molecular complexity index is 395. The first kappa shape index (κ1) is 12.9. The fourth-order valence-corrected chi connectivity index (χ4v) is 3.71. The van der Waals surface area contributed by atoms with Crippen molar-refractivity contribution in [3.05, 3.63) is 11.1 Å². The van der Waals surface area contributed by atoms with Crippen LogP contribution in [0.15, 0.2) is 5.38 Å². The molecule has 0 spiro atoms. The van der Waals surface area contributed by atoms with Crippen LogP contribution in [-0.2, 0) is 15.3 Å². The van der Waals surface area contributed by atoms with Crippen LogP contribution in [0.2, 0.25) is 0 Å². The first-order chi connectivity index (χ1) is 8.15. The quantitative estimate of drug-likeness (QED) is 0.915. The summed E-state index contributed by atoms with van der Waals surface area (Å²) in [6.45, 7) is 4.48. The van der Waals surface area contributed by atoms with Gasteiger partial charge in [0.25, 0.3) is 0 Å². The third-order valence-electron chi connectivity index (χ3n) is 2.59. The molecule has 0 aliphatic carbocycles. The predicted octanol–water partition coefficient (Wildman–Crippen LogP) is 2.51. The second-order valence-electron chi connectivity index (χ2n) is 4.04. The van der Waals surface area contributed by atoms with Crippen molar-refractivity contribution in [1.82, 2.24) is 4.98 Å². The molecule has 1 N–H and O–H groups in total. The molecule has 1 aromatic heterocycles. The highest BCUT2D eigenvalue weighted by Gasteiger charge is 2.24. The monoisotopic (exact) mass is 272 g/mol. The number of anilines is 1. The Kier molecular flexibility index (Phi) is 4.42. The van der Waals surface area contributed by atoms with Crippen LogP contribution in [-0.4, -0.2) is 28.9 Å². The van der Waals surface area contributed by atoms with Crippen LogP contribution in [0.1, 0.15) is 26.0 Å². The fraction of sp³-hybridized carbons (Fsp3) is 0.636. The van der Waals surface area contributed by atoms with Crippen molar-refractivity contribution in [2.24, 2.45) is 0 Å². The largest absolute Gasteiger partial charge is 0.377 e. The number of amides is 1. The maximum absolute atomic E-state index is 10.9. The average Bonchev–Trinajstić information content (AvgIpc) is 2.84. The lowest BCUT2D eigenvalue weighted by Gasteiger charge is -2.12. The Morgan fingerprint density at radius 2 is 2.59 bits per heavy atom. The molecule has 0 radical (unpaired) electrons. The predicted molar refractivity (Wildman–Crippen MR) is 71.5 cm³/mol. The topological polar surface area (TPSA) is 51.2 Å². The molecule has 17 heavy (non-hydrogen) atoms. The highest BCUT2D eigenvalue weighted by atomic mass is 32.2. The highest BCUT2D eigenvalue weighted by Crippen LogP contribution is 2.29. The summed E-state index contributed by atoms with van der Waals surface area (Å²) < 4.78 is 5.52. The van der Waals surface area contributed by atoms with E-state index < -0.39 is 0 Å². The zero-order valence-electron chi connectivity index (χ0n) is 9.93. The SMILES string of the molecule is CC(=O)Nc1nc(CS[C@@H]2CCO[C@H]2C)cs1. The van der Waals surface area contributed by atoms with E-state index in [4.69, 9.17) is 4.74 Å². The van der Waals surface area contributed by atoms with Crippen LogP contribution in [0.5, 0.6) is 0 Å². The van der Waals surface area contributed by atoms with E-state index in [1.807, 2.05) is 17.1 Å². The Balaban J connectivity index is 1.82. The lowest BCUT2D eigenvalue weighted by Crippen LogP contribution is -2.13. The molecule has 4 nitrogen and oxygen atoms in total. The van der Waals surface area contributed by atoms with Gasteiger partial charge in [-0.1, -0.05) is 0 Å². The summed E-state index contributed by atoms with van der Waals surface area (Å²) >= 11 is 3.36. The Hall–Kier alpha value is -0.590. The zero-order chi connectivity index (χ0) is 12.3. The number of nitrogens with zero attached hydrogens (tertiary/aromatic N) is 1. The molecule has 1 aromatic rings.